The van der Waals surface area contributed by atoms with Gasteiger partial charge in [-0.15, -0.1) is 0 Å². The summed E-state index contributed by atoms with van der Waals surface area (Å²) in [6.45, 7) is 0.0514. The van der Waals surface area contributed by atoms with Crippen LogP contribution in [0.4, 0.5) is 4.79 Å². The van der Waals surface area contributed by atoms with Gasteiger partial charge in [0.15, 0.2) is 0 Å². The second-order valence-electron chi connectivity index (χ2n) is 7.09. The molecule has 1 aliphatic rings. The highest BCUT2D eigenvalue weighted by Gasteiger charge is 2.35. The van der Waals surface area contributed by atoms with Crippen LogP contribution in [0.1, 0.15) is 21.5 Å². The van der Waals surface area contributed by atoms with Crippen molar-refractivity contribution in [3.05, 3.63) is 102 Å². The van der Waals surface area contributed by atoms with E-state index in [0.29, 0.717) is 36.2 Å². The molecule has 34 heavy (non-hydrogen) atoms. The van der Waals surface area contributed by atoms with Gasteiger partial charge in [0.2, 0.25) is 0 Å². The first kappa shape index (κ1) is 24.8. The molecule has 10 heteroatoms. The molecular formula is C24H13BrCl3NO4S. The summed E-state index contributed by atoms with van der Waals surface area (Å²) in [5.74, 6) is -0.809. The van der Waals surface area contributed by atoms with Crippen LogP contribution in [0.25, 0.3) is 6.08 Å². The van der Waals surface area contributed by atoms with Gasteiger partial charge >= 0.3 is 5.97 Å². The predicted molar refractivity (Wildman–Crippen MR) is 139 cm³/mol. The Balaban J connectivity index is 1.58. The van der Waals surface area contributed by atoms with Gasteiger partial charge in [0.25, 0.3) is 11.1 Å². The first-order valence-electron chi connectivity index (χ1n) is 9.68. The normalized spacial score (nSPS) is 14.7. The highest BCUT2D eigenvalue weighted by Crippen LogP contribution is 2.36. The van der Waals surface area contributed by atoms with E-state index in [2.05, 4.69) is 15.9 Å². The molecule has 0 saturated carbocycles. The summed E-state index contributed by atoms with van der Waals surface area (Å²) in [6.07, 6.45) is 1.52. The lowest BCUT2D eigenvalue weighted by Crippen LogP contribution is -2.27. The van der Waals surface area contributed by atoms with Crippen molar-refractivity contribution < 1.29 is 19.1 Å². The number of carbonyl (C=O) groups is 3. The SMILES string of the molecule is O=C(Oc1ccc(Br)cc1/C=C1\SC(=O)N(Cc2ccc(Cl)c(Cl)c2)C1=O)c1ccc(Cl)cc1. The molecule has 3 aromatic rings. The maximum absolute atomic E-state index is 13.0. The van der Waals surface area contributed by atoms with E-state index in [-0.39, 0.29) is 17.2 Å². The van der Waals surface area contributed by atoms with Crippen molar-refractivity contribution in [1.82, 2.24) is 4.90 Å². The van der Waals surface area contributed by atoms with Crippen LogP contribution in [0, 0.1) is 0 Å². The zero-order valence-electron chi connectivity index (χ0n) is 17.1. The molecule has 172 valence electrons. The van der Waals surface area contributed by atoms with Gasteiger partial charge < -0.3 is 4.74 Å². The fraction of sp³-hybridized carbons (Fsp3) is 0.0417. The zero-order chi connectivity index (χ0) is 24.4. The first-order valence-corrected chi connectivity index (χ1v) is 12.4. The highest BCUT2D eigenvalue weighted by molar-refractivity contribution is 9.10. The van der Waals surface area contributed by atoms with Crippen molar-refractivity contribution in [3.8, 4) is 5.75 Å². The van der Waals surface area contributed by atoms with E-state index >= 15 is 0 Å². The number of amides is 2. The average molecular weight is 598 g/mol. The van der Waals surface area contributed by atoms with Crippen molar-refractivity contribution in [2.45, 2.75) is 6.54 Å². The Morgan fingerprint density at radius 1 is 0.971 bits per heavy atom. The second kappa shape index (κ2) is 10.5. The molecule has 0 atom stereocenters. The minimum Gasteiger partial charge on any atom is -0.422 e. The van der Waals surface area contributed by atoms with Crippen LogP contribution in [0.5, 0.6) is 5.75 Å². The van der Waals surface area contributed by atoms with Crippen molar-refractivity contribution in [2.24, 2.45) is 0 Å². The summed E-state index contributed by atoms with van der Waals surface area (Å²) in [4.78, 5) is 39.4. The molecule has 0 aliphatic carbocycles. The number of hydrogen-bond acceptors (Lipinski definition) is 5. The molecule has 0 radical (unpaired) electrons. The molecule has 4 rings (SSSR count). The monoisotopic (exact) mass is 595 g/mol. The van der Waals surface area contributed by atoms with Crippen molar-refractivity contribution in [1.29, 1.82) is 0 Å². The van der Waals surface area contributed by atoms with Gasteiger partial charge in [-0.25, -0.2) is 4.79 Å². The molecule has 0 N–H and O–H groups in total. The lowest BCUT2D eigenvalue weighted by molar-refractivity contribution is -0.123. The molecular weight excluding hydrogens is 585 g/mol. The number of carbonyl (C=O) groups excluding carboxylic acids is 3. The van der Waals surface area contributed by atoms with Gasteiger partial charge in [-0.2, -0.15) is 0 Å². The van der Waals surface area contributed by atoms with Gasteiger partial charge in [0.1, 0.15) is 5.75 Å². The second-order valence-corrected chi connectivity index (χ2v) is 10.3. The lowest BCUT2D eigenvalue weighted by Gasteiger charge is -2.13. The molecule has 0 aromatic heterocycles. The summed E-state index contributed by atoms with van der Waals surface area (Å²) < 4.78 is 6.26. The highest BCUT2D eigenvalue weighted by atomic mass is 79.9. The topological polar surface area (TPSA) is 63.7 Å². The number of imide groups is 1. The number of nitrogens with zero attached hydrogens (tertiary/aromatic N) is 1. The quantitative estimate of drug-likeness (QED) is 0.170. The Bertz CT molecular complexity index is 1340. The van der Waals surface area contributed by atoms with Crippen LogP contribution < -0.4 is 4.74 Å². The number of rotatable bonds is 5. The lowest BCUT2D eigenvalue weighted by atomic mass is 10.1. The number of halogens is 4. The minimum absolute atomic E-state index is 0.0514. The maximum Gasteiger partial charge on any atom is 0.343 e. The van der Waals surface area contributed by atoms with Crippen LogP contribution in [0.15, 0.2) is 70.0 Å². The van der Waals surface area contributed by atoms with Crippen LogP contribution in [0.2, 0.25) is 15.1 Å². The molecule has 0 bridgehead atoms. The Labute approximate surface area is 222 Å². The van der Waals surface area contributed by atoms with Crippen molar-refractivity contribution >= 4 is 85.7 Å². The molecule has 3 aromatic carbocycles. The predicted octanol–water partition coefficient (Wildman–Crippen LogP) is 7.87. The Morgan fingerprint density at radius 3 is 2.41 bits per heavy atom. The summed E-state index contributed by atoms with van der Waals surface area (Å²) in [5.41, 5.74) is 1.44. The Hall–Kier alpha value is -2.29. The number of esters is 1. The maximum atomic E-state index is 13.0. The van der Waals surface area contributed by atoms with Gasteiger partial charge in [-0.05, 0) is 78.0 Å². The van der Waals surface area contributed by atoms with E-state index in [0.717, 1.165) is 16.7 Å². The van der Waals surface area contributed by atoms with Crippen LogP contribution in [-0.2, 0) is 11.3 Å². The average Bonchev–Trinajstić information content (AvgIpc) is 3.05. The minimum atomic E-state index is -0.582. The Morgan fingerprint density at radius 2 is 1.71 bits per heavy atom. The van der Waals surface area contributed by atoms with Crippen LogP contribution >= 0.6 is 62.5 Å². The third-order valence-electron chi connectivity index (χ3n) is 4.74. The van der Waals surface area contributed by atoms with Gasteiger partial charge in [-0.1, -0.05) is 56.8 Å². The first-order chi connectivity index (χ1) is 16.2. The van der Waals surface area contributed by atoms with E-state index < -0.39 is 17.1 Å². The Kier molecular flexibility index (Phi) is 7.70. The molecule has 0 spiro atoms. The molecule has 1 aliphatic heterocycles. The van der Waals surface area contributed by atoms with E-state index in [1.165, 1.54) is 6.08 Å². The van der Waals surface area contributed by atoms with Gasteiger partial charge in [0, 0.05) is 15.1 Å². The van der Waals surface area contributed by atoms with E-state index in [1.807, 2.05) is 0 Å². The third kappa shape index (κ3) is 5.67. The summed E-state index contributed by atoms with van der Waals surface area (Å²) in [7, 11) is 0. The molecule has 1 heterocycles. The van der Waals surface area contributed by atoms with Gasteiger partial charge in [0.05, 0.1) is 27.1 Å². The molecule has 5 nitrogen and oxygen atoms in total. The van der Waals surface area contributed by atoms with Crippen molar-refractivity contribution in [2.75, 3.05) is 0 Å². The number of benzene rings is 3. The standard InChI is InChI=1S/C24H13BrCl3NO4S/c25-16-4-8-20(33-23(31)14-2-5-17(26)6-3-14)15(10-16)11-21-22(30)29(24(32)34-21)12-13-1-7-18(27)19(28)9-13/h1-11H,12H2/b21-11-. The third-order valence-corrected chi connectivity index (χ3v) is 7.13. The van der Waals surface area contributed by atoms with E-state index in [1.54, 1.807) is 60.7 Å². The number of hydrogen-bond donors (Lipinski definition) is 0. The summed E-state index contributed by atoms with van der Waals surface area (Å²) >= 11 is 22.0. The smallest absolute Gasteiger partial charge is 0.343 e. The molecule has 2 amide bonds. The number of thioether (sulfide) groups is 1. The van der Waals surface area contributed by atoms with E-state index in [4.69, 9.17) is 39.5 Å². The van der Waals surface area contributed by atoms with Crippen LogP contribution in [-0.4, -0.2) is 22.0 Å². The van der Waals surface area contributed by atoms with Gasteiger partial charge in [-0.3, -0.25) is 14.5 Å². The molecule has 1 saturated heterocycles. The molecule has 0 unspecified atom stereocenters. The fourth-order valence-electron chi connectivity index (χ4n) is 3.07. The summed E-state index contributed by atoms with van der Waals surface area (Å²) in [6, 6.07) is 16.2. The zero-order valence-corrected chi connectivity index (χ0v) is 21.7. The van der Waals surface area contributed by atoms with E-state index in [9.17, 15) is 14.4 Å². The largest absolute Gasteiger partial charge is 0.422 e. The number of ether oxygens (including phenoxy) is 1. The summed E-state index contributed by atoms with van der Waals surface area (Å²) in [5, 5.41) is 0.798. The van der Waals surface area contributed by atoms with Crippen molar-refractivity contribution in [3.63, 3.8) is 0 Å². The fourth-order valence-corrected chi connectivity index (χ4v) is 4.72. The van der Waals surface area contributed by atoms with Crippen LogP contribution in [0.3, 0.4) is 0 Å². The molecule has 1 fully saturated rings.